The highest BCUT2D eigenvalue weighted by Crippen LogP contribution is 2.45. The monoisotopic (exact) mass is 309 g/mol. The van der Waals surface area contributed by atoms with E-state index < -0.39 is 0 Å². The molecule has 1 heterocycles. The van der Waals surface area contributed by atoms with E-state index in [0.29, 0.717) is 27.8 Å². The van der Waals surface area contributed by atoms with E-state index in [2.05, 4.69) is 17.6 Å². The largest absolute Gasteiger partial charge is 0.492 e. The summed E-state index contributed by atoms with van der Waals surface area (Å²) >= 11 is 1.39. The zero-order chi connectivity index (χ0) is 15.0. The molecule has 0 aliphatic heterocycles. The van der Waals surface area contributed by atoms with Crippen LogP contribution in [0.2, 0.25) is 0 Å². The molecular formula is C15H23N3O2S. The van der Waals surface area contributed by atoms with Gasteiger partial charge < -0.3 is 21.1 Å². The lowest BCUT2D eigenvalue weighted by molar-refractivity contribution is 0.0956. The summed E-state index contributed by atoms with van der Waals surface area (Å²) in [5.41, 5.74) is 6.89. The Balaban J connectivity index is 1.73. The van der Waals surface area contributed by atoms with E-state index in [0.717, 1.165) is 24.4 Å². The summed E-state index contributed by atoms with van der Waals surface area (Å²) in [6.07, 6.45) is 5.93. The number of ether oxygens (including phenoxy) is 1. The molecule has 0 spiro atoms. The fraction of sp³-hybridized carbons (Fsp3) is 0.667. The van der Waals surface area contributed by atoms with Crippen molar-refractivity contribution in [3.8, 4) is 5.75 Å². The lowest BCUT2D eigenvalue weighted by atomic mass is 9.70. The van der Waals surface area contributed by atoms with E-state index in [1.165, 1.54) is 30.6 Å². The van der Waals surface area contributed by atoms with Gasteiger partial charge in [-0.25, -0.2) is 0 Å². The highest BCUT2D eigenvalue weighted by Gasteiger charge is 2.33. The fourth-order valence-electron chi connectivity index (χ4n) is 2.65. The predicted molar refractivity (Wildman–Crippen MR) is 86.2 cm³/mol. The van der Waals surface area contributed by atoms with Crippen LogP contribution in [-0.4, -0.2) is 25.6 Å². The minimum absolute atomic E-state index is 0.0822. The molecule has 116 valence electrons. The molecule has 0 atom stereocenters. The van der Waals surface area contributed by atoms with Crippen LogP contribution >= 0.6 is 11.3 Å². The number of nitrogen functional groups attached to an aromatic ring is 1. The van der Waals surface area contributed by atoms with Gasteiger partial charge in [0.05, 0.1) is 7.11 Å². The first-order chi connectivity index (χ1) is 10.0. The molecule has 1 aromatic heterocycles. The van der Waals surface area contributed by atoms with Crippen LogP contribution in [-0.2, 0) is 0 Å². The number of amides is 1. The van der Waals surface area contributed by atoms with Crippen LogP contribution in [0.25, 0.3) is 0 Å². The van der Waals surface area contributed by atoms with Gasteiger partial charge in [0.2, 0.25) is 0 Å². The molecule has 2 aliphatic carbocycles. The smallest absolute Gasteiger partial charge is 0.263 e. The quantitative estimate of drug-likeness (QED) is 0.755. The van der Waals surface area contributed by atoms with Gasteiger partial charge in [-0.15, -0.1) is 11.3 Å². The third-order valence-electron chi connectivity index (χ3n) is 4.46. The Labute approximate surface area is 129 Å². The number of carbonyl (C=O) groups excluding carboxylic acids is 1. The number of hydrogen-bond acceptors (Lipinski definition) is 5. The van der Waals surface area contributed by atoms with Crippen molar-refractivity contribution in [2.45, 2.75) is 45.1 Å². The molecule has 6 heteroatoms. The fourth-order valence-corrected chi connectivity index (χ4v) is 3.63. The molecule has 2 fully saturated rings. The summed E-state index contributed by atoms with van der Waals surface area (Å²) in [6, 6.07) is 0.329. The molecule has 21 heavy (non-hydrogen) atoms. The van der Waals surface area contributed by atoms with Crippen LogP contribution in [0.1, 0.15) is 48.7 Å². The van der Waals surface area contributed by atoms with Gasteiger partial charge in [-0.05, 0) is 31.1 Å². The zero-order valence-electron chi connectivity index (χ0n) is 12.6. The van der Waals surface area contributed by atoms with Gasteiger partial charge in [0.1, 0.15) is 15.6 Å². The third-order valence-corrected chi connectivity index (χ3v) is 5.60. The van der Waals surface area contributed by atoms with Crippen LogP contribution in [0.5, 0.6) is 5.75 Å². The molecule has 3 rings (SSSR count). The first kappa shape index (κ1) is 14.5. The molecule has 1 aromatic rings. The topological polar surface area (TPSA) is 76.4 Å². The molecule has 2 aliphatic rings. The minimum Gasteiger partial charge on any atom is -0.492 e. The SMILES string of the molecule is COc1c(NCC2(C)CCC2)sc(C(=O)NC2CC2)c1N. The summed E-state index contributed by atoms with van der Waals surface area (Å²) in [7, 11) is 1.59. The van der Waals surface area contributed by atoms with Crippen molar-refractivity contribution in [1.29, 1.82) is 0 Å². The summed E-state index contributed by atoms with van der Waals surface area (Å²) in [5, 5.41) is 7.27. The molecule has 5 nitrogen and oxygen atoms in total. The average molecular weight is 309 g/mol. The average Bonchev–Trinajstić information content (AvgIpc) is 3.17. The van der Waals surface area contributed by atoms with E-state index in [-0.39, 0.29) is 5.91 Å². The second kappa shape index (κ2) is 5.40. The van der Waals surface area contributed by atoms with Crippen LogP contribution in [0.15, 0.2) is 0 Å². The maximum atomic E-state index is 12.2. The third kappa shape index (κ3) is 2.95. The molecule has 0 saturated heterocycles. The van der Waals surface area contributed by atoms with Gasteiger partial charge in [0.15, 0.2) is 5.75 Å². The number of hydrogen-bond donors (Lipinski definition) is 3. The van der Waals surface area contributed by atoms with Gasteiger partial charge in [0, 0.05) is 12.6 Å². The summed E-state index contributed by atoms with van der Waals surface area (Å²) in [5.74, 6) is 0.519. The first-order valence-corrected chi connectivity index (χ1v) is 8.35. The second-order valence-corrected chi connectivity index (χ2v) is 7.49. The Morgan fingerprint density at radius 1 is 1.48 bits per heavy atom. The van der Waals surface area contributed by atoms with Gasteiger partial charge in [-0.2, -0.15) is 0 Å². The van der Waals surface area contributed by atoms with E-state index in [1.54, 1.807) is 7.11 Å². The number of rotatable bonds is 6. The maximum Gasteiger partial charge on any atom is 0.263 e. The first-order valence-electron chi connectivity index (χ1n) is 7.53. The molecule has 0 aromatic carbocycles. The lowest BCUT2D eigenvalue weighted by Gasteiger charge is -2.38. The Morgan fingerprint density at radius 3 is 2.71 bits per heavy atom. The molecule has 0 unspecified atom stereocenters. The maximum absolute atomic E-state index is 12.2. The number of thiophene rings is 1. The number of nitrogens with one attached hydrogen (secondary N) is 2. The Bertz CT molecular complexity index is 547. The lowest BCUT2D eigenvalue weighted by Crippen LogP contribution is -2.33. The van der Waals surface area contributed by atoms with Crippen molar-refractivity contribution in [2.24, 2.45) is 5.41 Å². The van der Waals surface area contributed by atoms with Gasteiger partial charge in [0.25, 0.3) is 5.91 Å². The van der Waals surface area contributed by atoms with Crippen LogP contribution in [0.3, 0.4) is 0 Å². The molecule has 0 radical (unpaired) electrons. The van der Waals surface area contributed by atoms with E-state index in [9.17, 15) is 4.79 Å². The highest BCUT2D eigenvalue weighted by atomic mass is 32.1. The van der Waals surface area contributed by atoms with Crippen molar-refractivity contribution < 1.29 is 9.53 Å². The van der Waals surface area contributed by atoms with Crippen molar-refractivity contribution >= 4 is 27.9 Å². The Kier molecular flexibility index (Phi) is 3.73. The summed E-state index contributed by atoms with van der Waals surface area (Å²) < 4.78 is 5.39. The predicted octanol–water partition coefficient (Wildman–Crippen LogP) is 2.83. The molecule has 0 bridgehead atoms. The van der Waals surface area contributed by atoms with Crippen LogP contribution < -0.4 is 21.1 Å². The van der Waals surface area contributed by atoms with Crippen molar-refractivity contribution in [3.63, 3.8) is 0 Å². The molecule has 2 saturated carbocycles. The van der Waals surface area contributed by atoms with E-state index >= 15 is 0 Å². The van der Waals surface area contributed by atoms with Crippen molar-refractivity contribution in [1.82, 2.24) is 5.32 Å². The van der Waals surface area contributed by atoms with E-state index in [4.69, 9.17) is 10.5 Å². The number of carbonyl (C=O) groups is 1. The Hall–Kier alpha value is -1.43. The standard InChI is InChI=1S/C15H23N3O2S/c1-15(6-3-7-15)8-17-14-11(20-2)10(16)12(21-14)13(19)18-9-4-5-9/h9,17H,3-8,16H2,1-2H3,(H,18,19). The number of nitrogens with two attached hydrogens (primary N) is 1. The van der Waals surface area contributed by atoms with Crippen molar-refractivity contribution in [2.75, 3.05) is 24.7 Å². The van der Waals surface area contributed by atoms with Gasteiger partial charge >= 0.3 is 0 Å². The van der Waals surface area contributed by atoms with Gasteiger partial charge in [-0.3, -0.25) is 4.79 Å². The van der Waals surface area contributed by atoms with Crippen LogP contribution in [0.4, 0.5) is 10.7 Å². The van der Waals surface area contributed by atoms with Gasteiger partial charge in [-0.1, -0.05) is 13.3 Å². The minimum atomic E-state index is -0.0822. The molecule has 4 N–H and O–H groups in total. The summed E-state index contributed by atoms with van der Waals surface area (Å²) in [6.45, 7) is 3.18. The number of methoxy groups -OCH3 is 1. The number of anilines is 2. The van der Waals surface area contributed by atoms with Crippen molar-refractivity contribution in [3.05, 3.63) is 4.88 Å². The van der Waals surface area contributed by atoms with E-state index in [1.807, 2.05) is 0 Å². The summed E-state index contributed by atoms with van der Waals surface area (Å²) in [4.78, 5) is 12.8. The molecular weight excluding hydrogens is 286 g/mol. The van der Waals surface area contributed by atoms with Crippen LogP contribution in [0, 0.1) is 5.41 Å². The highest BCUT2D eigenvalue weighted by molar-refractivity contribution is 7.19. The second-order valence-electron chi connectivity index (χ2n) is 6.47. The Morgan fingerprint density at radius 2 is 2.19 bits per heavy atom. The normalized spacial score (nSPS) is 19.7. The molecule has 1 amide bonds. The zero-order valence-corrected chi connectivity index (χ0v) is 13.4.